The van der Waals surface area contributed by atoms with Crippen molar-refractivity contribution >= 4 is 41.1 Å². The van der Waals surface area contributed by atoms with E-state index in [2.05, 4.69) is 0 Å². The van der Waals surface area contributed by atoms with Crippen LogP contribution in [0.25, 0.3) is 6.08 Å². The summed E-state index contributed by atoms with van der Waals surface area (Å²) >= 11 is 11.6. The topological polar surface area (TPSA) is 40.5 Å². The molecule has 0 radical (unpaired) electrons. The van der Waals surface area contributed by atoms with Crippen LogP contribution in [0.4, 0.5) is 10.5 Å². The van der Waals surface area contributed by atoms with Crippen LogP contribution in [0.1, 0.15) is 5.56 Å². The summed E-state index contributed by atoms with van der Waals surface area (Å²) in [6, 6.07) is 7.44. The number of carboxylic acid groups (broad SMARTS) is 1. The third-order valence-corrected chi connectivity index (χ3v) is 3.53. The van der Waals surface area contributed by atoms with Crippen LogP contribution in [0.5, 0.6) is 0 Å². The van der Waals surface area contributed by atoms with Gasteiger partial charge in [-0.2, -0.15) is 4.79 Å². The van der Waals surface area contributed by atoms with E-state index in [4.69, 9.17) is 23.2 Å². The highest BCUT2D eigenvalue weighted by molar-refractivity contribution is 6.18. The summed E-state index contributed by atoms with van der Waals surface area (Å²) in [6.07, 6.45) is 2.52. The van der Waals surface area contributed by atoms with E-state index in [1.165, 1.54) is 0 Å². The van der Waals surface area contributed by atoms with Gasteiger partial charge in [0.15, 0.2) is 5.69 Å². The van der Waals surface area contributed by atoms with Gasteiger partial charge >= 0.3 is 6.09 Å². The summed E-state index contributed by atoms with van der Waals surface area (Å²) in [5.74, 6) is 0.695. The molecule has 6 heteroatoms. The smallest absolute Gasteiger partial charge is 0.433 e. The molecule has 102 valence electrons. The van der Waals surface area contributed by atoms with E-state index >= 15 is 0 Å². The van der Waals surface area contributed by atoms with Crippen molar-refractivity contribution < 1.29 is 9.90 Å². The highest BCUT2D eigenvalue weighted by atomic mass is 35.5. The number of hydrogen-bond acceptors (Lipinski definition) is 2. The lowest BCUT2D eigenvalue weighted by Gasteiger charge is -2.35. The number of alkyl halides is 2. The van der Waals surface area contributed by atoms with Crippen molar-refractivity contribution in [2.24, 2.45) is 0 Å². The molecule has 1 aliphatic rings. The molecule has 1 amide bonds. The monoisotopic (exact) mass is 301 g/mol. The number of nitrogens with zero attached hydrogens (tertiary/aromatic N) is 2. The molecule has 0 spiro atoms. The van der Waals surface area contributed by atoms with Crippen LogP contribution in [-0.2, 0) is 0 Å². The van der Waals surface area contributed by atoms with E-state index in [1.54, 1.807) is 11.2 Å². The second kappa shape index (κ2) is 5.92. The third kappa shape index (κ3) is 2.37. The number of amides is 1. The van der Waals surface area contributed by atoms with Crippen molar-refractivity contribution in [3.05, 3.63) is 36.0 Å². The Bertz CT molecular complexity index is 501. The molecule has 0 saturated carbocycles. The van der Waals surface area contributed by atoms with Crippen molar-refractivity contribution in [1.82, 2.24) is 9.60 Å². The summed E-state index contributed by atoms with van der Waals surface area (Å²) in [7, 11) is 0. The lowest BCUT2D eigenvalue weighted by atomic mass is 10.2. The van der Waals surface area contributed by atoms with Crippen molar-refractivity contribution in [1.29, 1.82) is 0 Å². The molecule has 2 rings (SSSR count). The number of fused-ring (bicyclic) bond motifs is 1. The maximum Gasteiger partial charge on any atom is 0.544 e. The molecule has 1 atom stereocenters. The van der Waals surface area contributed by atoms with E-state index in [-0.39, 0.29) is 4.59 Å². The minimum Gasteiger partial charge on any atom is -0.433 e. The van der Waals surface area contributed by atoms with Gasteiger partial charge in [0.1, 0.15) is 6.20 Å². The number of halogens is 2. The predicted molar refractivity (Wildman–Crippen MR) is 78.3 cm³/mol. The van der Waals surface area contributed by atoms with Gasteiger partial charge < -0.3 is 5.11 Å². The molecule has 0 saturated heterocycles. The zero-order valence-electron chi connectivity index (χ0n) is 10.3. The lowest BCUT2D eigenvalue weighted by molar-refractivity contribution is 0.0445. The molecule has 0 aromatic heterocycles. The summed E-state index contributed by atoms with van der Waals surface area (Å²) in [6.45, 7) is 0.887. The molecule has 1 aromatic carbocycles. The van der Waals surface area contributed by atoms with Gasteiger partial charge in [0.05, 0.1) is 13.1 Å². The van der Waals surface area contributed by atoms with Crippen LogP contribution in [0.15, 0.2) is 30.5 Å². The molecule has 1 unspecified atom stereocenters. The molecule has 19 heavy (non-hydrogen) atoms. The molecule has 1 aliphatic heterocycles. The minimum absolute atomic E-state index is 0.347. The van der Waals surface area contributed by atoms with Gasteiger partial charge in [-0.1, -0.05) is 16.7 Å². The highest BCUT2D eigenvalue weighted by Gasteiger charge is 2.48. The zero-order chi connectivity index (χ0) is 13.9. The SMILES string of the molecule is O=C(O)[N+]1(N(CCCl)CCCl)C=Cc2ccccc21. The molecule has 1 heterocycles. The zero-order valence-corrected chi connectivity index (χ0v) is 11.8. The number of rotatable bonds is 5. The third-order valence-electron chi connectivity index (χ3n) is 3.20. The maximum absolute atomic E-state index is 11.9. The Kier molecular flexibility index (Phi) is 4.47. The van der Waals surface area contributed by atoms with Gasteiger partial charge in [-0.15, -0.1) is 28.2 Å². The van der Waals surface area contributed by atoms with Crippen molar-refractivity contribution in [2.75, 3.05) is 24.8 Å². The van der Waals surface area contributed by atoms with Crippen LogP contribution >= 0.6 is 23.2 Å². The first kappa shape index (κ1) is 14.3. The fourth-order valence-corrected chi connectivity index (χ4v) is 2.75. The number of hydrogen-bond donors (Lipinski definition) is 1. The average Bonchev–Trinajstić information content (AvgIpc) is 2.79. The molecular weight excluding hydrogens is 287 g/mol. The van der Waals surface area contributed by atoms with Gasteiger partial charge in [0.25, 0.3) is 0 Å². The standard InChI is InChI=1S/C13H14Cl2N2O2/c14-6-8-16(9-7-15)17(13(18)19)10-5-11-3-1-2-4-12(11)17/h1-5,10H,6-9H2/p+1. The molecule has 0 aliphatic carbocycles. The van der Waals surface area contributed by atoms with Crippen molar-refractivity contribution in [3.63, 3.8) is 0 Å². The lowest BCUT2D eigenvalue weighted by Crippen LogP contribution is -2.61. The van der Waals surface area contributed by atoms with E-state index in [0.717, 1.165) is 5.56 Å². The molecule has 0 fully saturated rings. The summed E-state index contributed by atoms with van der Waals surface area (Å²) < 4.78 is -0.365. The van der Waals surface area contributed by atoms with Crippen molar-refractivity contribution in [2.45, 2.75) is 0 Å². The quantitative estimate of drug-likeness (QED) is 0.670. The van der Waals surface area contributed by atoms with Crippen LogP contribution in [0.2, 0.25) is 0 Å². The van der Waals surface area contributed by atoms with E-state index < -0.39 is 6.09 Å². The van der Waals surface area contributed by atoms with E-state index in [1.807, 2.05) is 30.3 Å². The molecule has 0 bridgehead atoms. The number of quaternary nitrogens is 1. The first-order valence-corrected chi connectivity index (χ1v) is 7.02. The fraction of sp³-hybridized carbons (Fsp3) is 0.308. The van der Waals surface area contributed by atoms with Crippen molar-refractivity contribution in [3.8, 4) is 0 Å². The Labute approximate surface area is 122 Å². The van der Waals surface area contributed by atoms with Crippen LogP contribution in [-0.4, -0.2) is 41.1 Å². The Morgan fingerprint density at radius 3 is 2.42 bits per heavy atom. The Hall–Kier alpha value is -1.07. The summed E-state index contributed by atoms with van der Waals surface area (Å²) in [5.41, 5.74) is 1.62. The highest BCUT2D eigenvalue weighted by Crippen LogP contribution is 2.37. The summed E-state index contributed by atoms with van der Waals surface area (Å²) in [5, 5.41) is 11.5. The van der Waals surface area contributed by atoms with Gasteiger partial charge in [-0.3, -0.25) is 0 Å². The minimum atomic E-state index is -0.962. The molecule has 4 nitrogen and oxygen atoms in total. The normalized spacial score (nSPS) is 20.8. The second-order valence-electron chi connectivity index (χ2n) is 4.17. The first-order valence-electron chi connectivity index (χ1n) is 5.95. The Morgan fingerprint density at radius 1 is 1.21 bits per heavy atom. The van der Waals surface area contributed by atoms with Gasteiger partial charge in [0, 0.05) is 29.5 Å². The maximum atomic E-state index is 11.9. The average molecular weight is 302 g/mol. The number of benzene rings is 1. The van der Waals surface area contributed by atoms with Gasteiger partial charge in [-0.05, 0) is 6.07 Å². The van der Waals surface area contributed by atoms with E-state index in [9.17, 15) is 9.90 Å². The summed E-state index contributed by atoms with van der Waals surface area (Å²) in [4.78, 5) is 11.9. The Morgan fingerprint density at radius 2 is 1.84 bits per heavy atom. The predicted octanol–water partition coefficient (Wildman–Crippen LogP) is 3.35. The van der Waals surface area contributed by atoms with Crippen LogP contribution in [0, 0.1) is 0 Å². The largest absolute Gasteiger partial charge is 0.544 e. The first-order chi connectivity index (χ1) is 9.16. The molecular formula is C13H15Cl2N2O2+. The van der Waals surface area contributed by atoms with E-state index in [0.29, 0.717) is 30.5 Å². The number of carbonyl (C=O) groups is 1. The van der Waals surface area contributed by atoms with Gasteiger partial charge in [-0.25, -0.2) is 0 Å². The van der Waals surface area contributed by atoms with Crippen LogP contribution < -0.4 is 4.59 Å². The molecule has 1 aromatic rings. The second-order valence-corrected chi connectivity index (χ2v) is 4.93. The fourth-order valence-electron chi connectivity index (χ4n) is 2.36. The molecule has 1 N–H and O–H groups in total. The number of para-hydroxylation sites is 1. The Balaban J connectivity index is 2.51. The van der Waals surface area contributed by atoms with Crippen LogP contribution in [0.3, 0.4) is 0 Å². The van der Waals surface area contributed by atoms with Gasteiger partial charge in [0.2, 0.25) is 0 Å².